The predicted molar refractivity (Wildman–Crippen MR) is 95.7 cm³/mol. The molecular formula is C17H19ClN4O2. The summed E-state index contributed by atoms with van der Waals surface area (Å²) in [7, 11) is 1.63. The zero-order chi connectivity index (χ0) is 15.8. The first kappa shape index (κ1) is 16.5. The van der Waals surface area contributed by atoms with Crippen molar-refractivity contribution in [3.8, 4) is 11.4 Å². The Kier molecular flexibility index (Phi) is 4.59. The molecule has 1 fully saturated rings. The first-order chi connectivity index (χ1) is 11.3. The van der Waals surface area contributed by atoms with Crippen LogP contribution in [-0.4, -0.2) is 34.3 Å². The SMILES string of the molecule is COc1ccc(-n2c(=O)n(C3CCNC3)c3ncccc32)cc1.Cl. The highest BCUT2D eigenvalue weighted by atomic mass is 35.5. The topological polar surface area (TPSA) is 61.1 Å². The van der Waals surface area contributed by atoms with Crippen molar-refractivity contribution in [2.24, 2.45) is 0 Å². The lowest BCUT2D eigenvalue weighted by Crippen LogP contribution is -2.28. The Balaban J connectivity index is 0.00000169. The smallest absolute Gasteiger partial charge is 0.335 e. The highest BCUT2D eigenvalue weighted by Crippen LogP contribution is 2.23. The molecule has 3 heterocycles. The Hall–Kier alpha value is -2.31. The molecule has 4 rings (SSSR count). The van der Waals surface area contributed by atoms with Gasteiger partial charge in [-0.15, -0.1) is 12.4 Å². The number of hydrogen-bond donors (Lipinski definition) is 1. The van der Waals surface area contributed by atoms with Gasteiger partial charge in [-0.1, -0.05) is 0 Å². The average Bonchev–Trinajstić information content (AvgIpc) is 3.20. The molecule has 1 atom stereocenters. The lowest BCUT2D eigenvalue weighted by Gasteiger charge is -2.09. The maximum absolute atomic E-state index is 13.1. The monoisotopic (exact) mass is 346 g/mol. The van der Waals surface area contributed by atoms with Crippen LogP contribution in [0.5, 0.6) is 5.75 Å². The molecule has 0 bridgehead atoms. The summed E-state index contributed by atoms with van der Waals surface area (Å²) >= 11 is 0. The molecule has 3 aromatic rings. The molecule has 1 saturated heterocycles. The normalized spacial score (nSPS) is 17.0. The third-order valence-corrected chi connectivity index (χ3v) is 4.36. The fourth-order valence-electron chi connectivity index (χ4n) is 3.22. The molecule has 1 aliphatic heterocycles. The summed E-state index contributed by atoms with van der Waals surface area (Å²) in [6.07, 6.45) is 2.68. The van der Waals surface area contributed by atoms with E-state index in [1.807, 2.05) is 41.0 Å². The Labute approximate surface area is 145 Å². The second-order valence-electron chi connectivity index (χ2n) is 5.68. The lowest BCUT2D eigenvalue weighted by atomic mass is 10.2. The van der Waals surface area contributed by atoms with Gasteiger partial charge in [-0.3, -0.25) is 9.13 Å². The third-order valence-electron chi connectivity index (χ3n) is 4.36. The zero-order valence-electron chi connectivity index (χ0n) is 13.3. The van der Waals surface area contributed by atoms with E-state index in [1.54, 1.807) is 17.9 Å². The Morgan fingerprint density at radius 2 is 2.04 bits per heavy atom. The first-order valence-electron chi connectivity index (χ1n) is 7.72. The van der Waals surface area contributed by atoms with Crippen LogP contribution in [-0.2, 0) is 0 Å². The molecule has 24 heavy (non-hydrogen) atoms. The van der Waals surface area contributed by atoms with Gasteiger partial charge < -0.3 is 10.1 Å². The van der Waals surface area contributed by atoms with Crippen LogP contribution in [0.2, 0.25) is 0 Å². The summed E-state index contributed by atoms with van der Waals surface area (Å²) in [6.45, 7) is 1.73. The molecular weight excluding hydrogens is 328 g/mol. The van der Waals surface area contributed by atoms with Gasteiger partial charge in [-0.25, -0.2) is 9.78 Å². The van der Waals surface area contributed by atoms with E-state index in [2.05, 4.69) is 10.3 Å². The summed E-state index contributed by atoms with van der Waals surface area (Å²) in [5.74, 6) is 0.767. The van der Waals surface area contributed by atoms with Gasteiger partial charge in [0.25, 0.3) is 0 Å². The van der Waals surface area contributed by atoms with Crippen molar-refractivity contribution < 1.29 is 4.74 Å². The van der Waals surface area contributed by atoms with Crippen molar-refractivity contribution in [1.82, 2.24) is 19.4 Å². The minimum atomic E-state index is -0.0439. The molecule has 6 nitrogen and oxygen atoms in total. The fourth-order valence-corrected chi connectivity index (χ4v) is 3.22. The van der Waals surface area contributed by atoms with Crippen LogP contribution in [0.4, 0.5) is 0 Å². The van der Waals surface area contributed by atoms with E-state index in [0.717, 1.165) is 42.1 Å². The minimum Gasteiger partial charge on any atom is -0.497 e. The van der Waals surface area contributed by atoms with Gasteiger partial charge in [0.2, 0.25) is 0 Å². The number of halogens is 1. The number of methoxy groups -OCH3 is 1. The highest BCUT2D eigenvalue weighted by Gasteiger charge is 2.24. The van der Waals surface area contributed by atoms with Crippen LogP contribution in [0.1, 0.15) is 12.5 Å². The van der Waals surface area contributed by atoms with Gasteiger partial charge in [0.15, 0.2) is 5.65 Å². The van der Waals surface area contributed by atoms with E-state index in [-0.39, 0.29) is 24.1 Å². The number of nitrogens with one attached hydrogen (secondary N) is 1. The molecule has 0 amide bonds. The third kappa shape index (κ3) is 2.57. The van der Waals surface area contributed by atoms with Gasteiger partial charge in [-0.05, 0) is 49.4 Å². The molecule has 126 valence electrons. The predicted octanol–water partition coefficient (Wildman–Crippen LogP) is 2.15. The zero-order valence-corrected chi connectivity index (χ0v) is 14.1. The Bertz CT molecular complexity index is 895. The van der Waals surface area contributed by atoms with E-state index in [1.165, 1.54) is 0 Å². The Morgan fingerprint density at radius 1 is 1.25 bits per heavy atom. The van der Waals surface area contributed by atoms with Gasteiger partial charge in [0.05, 0.1) is 24.4 Å². The van der Waals surface area contributed by atoms with E-state index in [4.69, 9.17) is 4.74 Å². The summed E-state index contributed by atoms with van der Waals surface area (Å²) in [4.78, 5) is 17.5. The molecule has 1 unspecified atom stereocenters. The van der Waals surface area contributed by atoms with Gasteiger partial charge in [0, 0.05) is 12.7 Å². The number of benzene rings is 1. The largest absolute Gasteiger partial charge is 0.497 e. The standard InChI is InChI=1S/C17H18N4O2.ClH/c1-23-14-6-4-12(5-7-14)20-15-3-2-9-19-16(15)21(17(20)22)13-8-10-18-11-13;/h2-7,9,13,18H,8,10-11H2,1H3;1H. The van der Waals surface area contributed by atoms with Crippen molar-refractivity contribution in [3.63, 3.8) is 0 Å². The fraction of sp³-hybridized carbons (Fsp3) is 0.294. The van der Waals surface area contributed by atoms with Gasteiger partial charge in [0.1, 0.15) is 5.75 Å². The van der Waals surface area contributed by atoms with Crippen LogP contribution in [0.3, 0.4) is 0 Å². The van der Waals surface area contributed by atoms with E-state index in [0.29, 0.717) is 0 Å². The highest BCUT2D eigenvalue weighted by molar-refractivity contribution is 5.85. The number of imidazole rings is 1. The van der Waals surface area contributed by atoms with E-state index in [9.17, 15) is 4.79 Å². The molecule has 0 spiro atoms. The van der Waals surface area contributed by atoms with Crippen LogP contribution >= 0.6 is 12.4 Å². The second kappa shape index (κ2) is 6.67. The number of ether oxygens (including phenoxy) is 1. The van der Waals surface area contributed by atoms with Crippen LogP contribution in [0.25, 0.3) is 16.9 Å². The van der Waals surface area contributed by atoms with Crippen molar-refractivity contribution in [1.29, 1.82) is 0 Å². The Morgan fingerprint density at radius 3 is 2.71 bits per heavy atom. The van der Waals surface area contributed by atoms with Crippen molar-refractivity contribution in [2.75, 3.05) is 20.2 Å². The quantitative estimate of drug-likeness (QED) is 0.789. The maximum Gasteiger partial charge on any atom is 0.335 e. The molecule has 1 aliphatic rings. The second-order valence-corrected chi connectivity index (χ2v) is 5.68. The van der Waals surface area contributed by atoms with Crippen LogP contribution in [0, 0.1) is 0 Å². The van der Waals surface area contributed by atoms with Crippen molar-refractivity contribution in [3.05, 3.63) is 53.1 Å². The van der Waals surface area contributed by atoms with Crippen molar-refractivity contribution >= 4 is 23.6 Å². The summed E-state index contributed by atoms with van der Waals surface area (Å²) < 4.78 is 8.74. The lowest BCUT2D eigenvalue weighted by molar-refractivity contribution is 0.414. The van der Waals surface area contributed by atoms with E-state index < -0.39 is 0 Å². The molecule has 1 aromatic carbocycles. The number of aromatic nitrogens is 3. The summed E-state index contributed by atoms with van der Waals surface area (Å²) in [5, 5.41) is 3.31. The molecule has 0 saturated carbocycles. The number of pyridine rings is 1. The van der Waals surface area contributed by atoms with E-state index >= 15 is 0 Å². The number of fused-ring (bicyclic) bond motifs is 1. The molecule has 1 N–H and O–H groups in total. The van der Waals surface area contributed by atoms with Crippen LogP contribution in [0.15, 0.2) is 47.4 Å². The van der Waals surface area contributed by atoms with Crippen molar-refractivity contribution in [2.45, 2.75) is 12.5 Å². The molecule has 0 radical (unpaired) electrons. The summed E-state index contributed by atoms with van der Waals surface area (Å²) in [6, 6.07) is 11.5. The van der Waals surface area contributed by atoms with Crippen LogP contribution < -0.4 is 15.7 Å². The van der Waals surface area contributed by atoms with Gasteiger partial charge >= 0.3 is 5.69 Å². The average molecular weight is 347 g/mol. The molecule has 0 aliphatic carbocycles. The summed E-state index contributed by atoms with van der Waals surface area (Å²) in [5.41, 5.74) is 2.34. The molecule has 2 aromatic heterocycles. The first-order valence-corrected chi connectivity index (χ1v) is 7.72. The number of nitrogens with zero attached hydrogens (tertiary/aromatic N) is 3. The number of hydrogen-bond acceptors (Lipinski definition) is 4. The van der Waals surface area contributed by atoms with Gasteiger partial charge in [-0.2, -0.15) is 0 Å². The molecule has 7 heteroatoms. The number of rotatable bonds is 3. The minimum absolute atomic E-state index is 0. The maximum atomic E-state index is 13.1.